The molecule has 0 aliphatic heterocycles. The Bertz CT molecular complexity index is 974. The Labute approximate surface area is 143 Å². The molecule has 2 aromatic heterocycles. The smallest absolute Gasteiger partial charge is 0.251 e. The summed E-state index contributed by atoms with van der Waals surface area (Å²) in [6.07, 6.45) is 3.00. The molecule has 0 aliphatic carbocycles. The van der Waals surface area contributed by atoms with Crippen molar-refractivity contribution in [3.63, 3.8) is 0 Å². The van der Waals surface area contributed by atoms with Crippen molar-refractivity contribution in [3.05, 3.63) is 77.3 Å². The fraction of sp³-hybridized carbons (Fsp3) is 0.111. The van der Waals surface area contributed by atoms with Gasteiger partial charge >= 0.3 is 0 Å². The average Bonchev–Trinajstić information content (AvgIpc) is 3.29. The van der Waals surface area contributed by atoms with Gasteiger partial charge in [-0.1, -0.05) is 12.1 Å². The molecule has 3 rings (SSSR count). The first-order valence-corrected chi connectivity index (χ1v) is 7.46. The zero-order valence-electron chi connectivity index (χ0n) is 13.1. The van der Waals surface area contributed by atoms with Crippen molar-refractivity contribution >= 4 is 5.91 Å². The molecular weight excluding hydrogens is 318 g/mol. The van der Waals surface area contributed by atoms with Crippen LogP contribution in [-0.2, 0) is 13.1 Å². The Morgan fingerprint density at radius 1 is 1.24 bits per heavy atom. The molecule has 0 fully saturated rings. The first-order chi connectivity index (χ1) is 12.2. The van der Waals surface area contributed by atoms with E-state index in [0.29, 0.717) is 24.4 Å². The van der Waals surface area contributed by atoms with Crippen LogP contribution in [0.2, 0.25) is 0 Å². The minimum absolute atomic E-state index is 0.0924. The average molecular weight is 331 g/mol. The molecule has 122 valence electrons. The lowest BCUT2D eigenvalue weighted by Crippen LogP contribution is -2.22. The fourth-order valence-electron chi connectivity index (χ4n) is 2.39. The second-order valence-corrected chi connectivity index (χ2v) is 5.26. The molecule has 0 atom stereocenters. The van der Waals surface area contributed by atoms with E-state index in [1.807, 2.05) is 18.2 Å². The number of hydrogen-bond donors (Lipinski definition) is 1. The van der Waals surface area contributed by atoms with Crippen LogP contribution < -0.4 is 5.32 Å². The molecular formula is C18H13N5O2. The lowest BCUT2D eigenvalue weighted by molar-refractivity contribution is 0.0948. The van der Waals surface area contributed by atoms with E-state index < -0.39 is 0 Å². The number of nitrogens with zero attached hydrogens (tertiary/aromatic N) is 4. The third kappa shape index (κ3) is 3.57. The number of furan rings is 1. The molecule has 0 radical (unpaired) electrons. The lowest BCUT2D eigenvalue weighted by atomic mass is 10.1. The number of hydrogen-bond acceptors (Lipinski definition) is 5. The molecule has 3 aromatic rings. The molecule has 1 amide bonds. The summed E-state index contributed by atoms with van der Waals surface area (Å²) < 4.78 is 6.76. The summed E-state index contributed by atoms with van der Waals surface area (Å²) in [4.78, 5) is 16.2. The molecule has 0 spiro atoms. The van der Waals surface area contributed by atoms with E-state index in [1.165, 1.54) is 6.33 Å². The number of carbonyl (C=O) groups excluding carboxylic acids is 1. The highest BCUT2D eigenvalue weighted by molar-refractivity contribution is 5.94. The van der Waals surface area contributed by atoms with Gasteiger partial charge in [0.2, 0.25) is 0 Å². The number of imidazole rings is 1. The minimum Gasteiger partial charge on any atom is -0.467 e. The molecule has 1 aromatic carbocycles. The summed E-state index contributed by atoms with van der Waals surface area (Å²) in [6, 6.07) is 14.5. The summed E-state index contributed by atoms with van der Waals surface area (Å²) in [5.74, 6) is 0.452. The van der Waals surface area contributed by atoms with Crippen molar-refractivity contribution < 1.29 is 9.21 Å². The van der Waals surface area contributed by atoms with Gasteiger partial charge in [-0.2, -0.15) is 10.5 Å². The van der Waals surface area contributed by atoms with Crippen LogP contribution in [0.5, 0.6) is 0 Å². The highest BCUT2D eigenvalue weighted by Gasteiger charge is 2.11. The molecule has 7 nitrogen and oxygen atoms in total. The van der Waals surface area contributed by atoms with Gasteiger partial charge in [-0.15, -0.1) is 0 Å². The van der Waals surface area contributed by atoms with Crippen LogP contribution in [0, 0.1) is 22.7 Å². The van der Waals surface area contributed by atoms with Gasteiger partial charge in [0.15, 0.2) is 11.4 Å². The number of rotatable bonds is 5. The third-order valence-electron chi connectivity index (χ3n) is 3.59. The summed E-state index contributed by atoms with van der Waals surface area (Å²) in [7, 11) is 0. The van der Waals surface area contributed by atoms with Gasteiger partial charge in [0.05, 0.1) is 19.1 Å². The van der Waals surface area contributed by atoms with Crippen LogP contribution in [0.4, 0.5) is 0 Å². The molecule has 25 heavy (non-hydrogen) atoms. The predicted molar refractivity (Wildman–Crippen MR) is 87.1 cm³/mol. The predicted octanol–water partition coefficient (Wildman–Crippen LogP) is 2.20. The molecule has 0 saturated carbocycles. The summed E-state index contributed by atoms with van der Waals surface area (Å²) >= 11 is 0. The van der Waals surface area contributed by atoms with Gasteiger partial charge in [0, 0.05) is 12.1 Å². The maximum Gasteiger partial charge on any atom is 0.251 e. The number of carbonyl (C=O) groups is 1. The van der Waals surface area contributed by atoms with Crippen LogP contribution in [0.3, 0.4) is 0 Å². The van der Waals surface area contributed by atoms with Crippen molar-refractivity contribution in [1.82, 2.24) is 14.9 Å². The number of nitrogens with one attached hydrogen (secondary N) is 1. The van der Waals surface area contributed by atoms with E-state index in [-0.39, 0.29) is 17.3 Å². The van der Waals surface area contributed by atoms with Crippen molar-refractivity contribution in [2.75, 3.05) is 0 Å². The van der Waals surface area contributed by atoms with Crippen molar-refractivity contribution in [2.24, 2.45) is 0 Å². The topological polar surface area (TPSA) is 108 Å². The van der Waals surface area contributed by atoms with Gasteiger partial charge in [0.25, 0.3) is 5.91 Å². The van der Waals surface area contributed by atoms with Crippen LogP contribution >= 0.6 is 0 Å². The third-order valence-corrected chi connectivity index (χ3v) is 3.59. The Morgan fingerprint density at radius 3 is 2.84 bits per heavy atom. The van der Waals surface area contributed by atoms with E-state index in [4.69, 9.17) is 14.9 Å². The quantitative estimate of drug-likeness (QED) is 0.771. The van der Waals surface area contributed by atoms with Gasteiger partial charge in [0.1, 0.15) is 17.9 Å². The maximum atomic E-state index is 12.3. The maximum absolute atomic E-state index is 12.3. The van der Waals surface area contributed by atoms with Crippen molar-refractivity contribution in [3.8, 4) is 12.1 Å². The second-order valence-electron chi connectivity index (χ2n) is 5.26. The minimum atomic E-state index is -0.220. The normalized spacial score (nSPS) is 10.0. The Morgan fingerprint density at radius 2 is 2.12 bits per heavy atom. The number of benzene rings is 1. The number of amides is 1. The standard InChI is InChI=1S/C18H13N5O2/c19-8-16-17(9-20)23(12-22-16)11-13-3-1-4-14(7-13)18(24)21-10-15-5-2-6-25-15/h1-7,12H,10-11H2,(H,21,24). The number of aromatic nitrogens is 2. The highest BCUT2D eigenvalue weighted by atomic mass is 16.3. The zero-order valence-corrected chi connectivity index (χ0v) is 13.1. The lowest BCUT2D eigenvalue weighted by Gasteiger charge is -2.07. The van der Waals surface area contributed by atoms with Crippen molar-refractivity contribution in [2.45, 2.75) is 13.1 Å². The summed E-state index contributed by atoms with van der Waals surface area (Å²) in [6.45, 7) is 0.651. The first-order valence-electron chi connectivity index (χ1n) is 7.46. The van der Waals surface area contributed by atoms with E-state index >= 15 is 0 Å². The Balaban J connectivity index is 1.73. The van der Waals surface area contributed by atoms with Gasteiger partial charge in [-0.25, -0.2) is 4.98 Å². The molecule has 0 unspecified atom stereocenters. The van der Waals surface area contributed by atoms with E-state index in [2.05, 4.69) is 10.3 Å². The van der Waals surface area contributed by atoms with E-state index in [9.17, 15) is 4.79 Å². The van der Waals surface area contributed by atoms with Gasteiger partial charge in [-0.3, -0.25) is 4.79 Å². The molecule has 0 bridgehead atoms. The Kier molecular flexibility index (Phi) is 4.59. The largest absolute Gasteiger partial charge is 0.467 e. The number of nitriles is 2. The SMILES string of the molecule is N#Cc1ncn(Cc2cccc(C(=O)NCc3ccco3)c2)c1C#N. The molecule has 7 heteroatoms. The molecule has 0 aliphatic rings. The van der Waals surface area contributed by atoms with Crippen molar-refractivity contribution in [1.29, 1.82) is 10.5 Å². The van der Waals surface area contributed by atoms with Gasteiger partial charge < -0.3 is 14.3 Å². The molecule has 0 saturated heterocycles. The second kappa shape index (κ2) is 7.16. The first kappa shape index (κ1) is 16.0. The summed E-state index contributed by atoms with van der Waals surface area (Å²) in [5, 5.41) is 20.9. The highest BCUT2D eigenvalue weighted by Crippen LogP contribution is 2.12. The van der Waals surface area contributed by atoms with E-state index in [1.54, 1.807) is 41.2 Å². The Hall–Kier alpha value is -3.84. The van der Waals surface area contributed by atoms with Crippen LogP contribution in [0.1, 0.15) is 33.1 Å². The molecule has 1 N–H and O–H groups in total. The van der Waals surface area contributed by atoms with Crippen LogP contribution in [-0.4, -0.2) is 15.5 Å². The fourth-order valence-corrected chi connectivity index (χ4v) is 2.39. The summed E-state index contributed by atoms with van der Waals surface area (Å²) in [5.41, 5.74) is 1.62. The zero-order chi connectivity index (χ0) is 17.6. The van der Waals surface area contributed by atoms with E-state index in [0.717, 1.165) is 5.56 Å². The monoisotopic (exact) mass is 331 g/mol. The van der Waals surface area contributed by atoms with Gasteiger partial charge in [-0.05, 0) is 29.8 Å². The van der Waals surface area contributed by atoms with Crippen LogP contribution in [0.25, 0.3) is 0 Å². The molecule has 2 heterocycles. The van der Waals surface area contributed by atoms with Crippen LogP contribution in [0.15, 0.2) is 53.4 Å².